The van der Waals surface area contributed by atoms with E-state index < -0.39 is 28.2 Å². The van der Waals surface area contributed by atoms with Gasteiger partial charge in [-0.3, -0.25) is 4.72 Å². The maximum Gasteiger partial charge on any atom is 0.387 e. The molecule has 8 heteroatoms. The standard InChI is InChI=1S/C10H12F3NO3S/c1-2-5-18(15,16)14-7-3-4-9(8(11)6-7)17-10(12)13/h3-4,6,10,14H,2,5H2,1H3. The molecule has 0 aliphatic heterocycles. The number of sulfonamides is 1. The quantitative estimate of drug-likeness (QED) is 0.873. The summed E-state index contributed by atoms with van der Waals surface area (Å²) in [7, 11) is -3.54. The molecule has 0 aliphatic rings. The van der Waals surface area contributed by atoms with Gasteiger partial charge in [0.05, 0.1) is 11.4 Å². The third kappa shape index (κ3) is 4.44. The SMILES string of the molecule is CCCS(=O)(=O)Nc1ccc(OC(F)F)c(F)c1. The van der Waals surface area contributed by atoms with Gasteiger partial charge in [-0.15, -0.1) is 0 Å². The number of halogens is 3. The molecule has 18 heavy (non-hydrogen) atoms. The van der Waals surface area contributed by atoms with E-state index in [1.54, 1.807) is 6.92 Å². The van der Waals surface area contributed by atoms with Crippen LogP contribution in [0.1, 0.15) is 13.3 Å². The van der Waals surface area contributed by atoms with Crippen LogP contribution in [0.15, 0.2) is 18.2 Å². The molecule has 1 N–H and O–H groups in total. The third-order valence-corrected chi connectivity index (χ3v) is 3.39. The van der Waals surface area contributed by atoms with Gasteiger partial charge < -0.3 is 4.74 Å². The molecule has 102 valence electrons. The molecule has 0 atom stereocenters. The second-order valence-electron chi connectivity index (χ2n) is 3.44. The Kier molecular flexibility index (Phi) is 4.83. The number of ether oxygens (including phenoxy) is 1. The molecule has 0 spiro atoms. The molecule has 4 nitrogen and oxygen atoms in total. The molecule has 0 unspecified atom stereocenters. The molecule has 1 aromatic rings. The van der Waals surface area contributed by atoms with Crippen LogP contribution in [0.4, 0.5) is 18.9 Å². The number of nitrogens with one attached hydrogen (secondary N) is 1. The first-order valence-electron chi connectivity index (χ1n) is 5.09. The molecule has 0 bridgehead atoms. The molecular weight excluding hydrogens is 271 g/mol. The average molecular weight is 283 g/mol. The Morgan fingerprint density at radius 3 is 2.56 bits per heavy atom. The van der Waals surface area contributed by atoms with Gasteiger partial charge in [0.2, 0.25) is 10.0 Å². The van der Waals surface area contributed by atoms with Gasteiger partial charge in [-0.05, 0) is 18.6 Å². The van der Waals surface area contributed by atoms with Crippen molar-refractivity contribution >= 4 is 15.7 Å². The summed E-state index contributed by atoms with van der Waals surface area (Å²) in [4.78, 5) is 0. The van der Waals surface area contributed by atoms with Gasteiger partial charge in [-0.25, -0.2) is 12.8 Å². The predicted molar refractivity (Wildman–Crippen MR) is 60.7 cm³/mol. The first kappa shape index (κ1) is 14.6. The van der Waals surface area contributed by atoms with Crippen molar-refractivity contribution in [2.24, 2.45) is 0 Å². The van der Waals surface area contributed by atoms with Gasteiger partial charge in [0.25, 0.3) is 0 Å². The second-order valence-corrected chi connectivity index (χ2v) is 5.29. The molecule has 0 saturated heterocycles. The van der Waals surface area contributed by atoms with E-state index in [-0.39, 0.29) is 11.4 Å². The highest BCUT2D eigenvalue weighted by Gasteiger charge is 2.13. The smallest absolute Gasteiger partial charge is 0.387 e. The van der Waals surface area contributed by atoms with Gasteiger partial charge in [0.1, 0.15) is 0 Å². The Morgan fingerprint density at radius 2 is 2.06 bits per heavy atom. The van der Waals surface area contributed by atoms with Crippen LogP contribution in [0.2, 0.25) is 0 Å². The van der Waals surface area contributed by atoms with Crippen LogP contribution < -0.4 is 9.46 Å². The molecule has 0 amide bonds. The number of rotatable bonds is 6. The summed E-state index contributed by atoms with van der Waals surface area (Å²) in [6, 6.07) is 2.87. The van der Waals surface area contributed by atoms with Crippen molar-refractivity contribution in [3.05, 3.63) is 24.0 Å². The van der Waals surface area contributed by atoms with Crippen molar-refractivity contribution in [2.75, 3.05) is 10.5 Å². The summed E-state index contributed by atoms with van der Waals surface area (Å²) in [6.07, 6.45) is 0.407. The minimum atomic E-state index is -3.54. The lowest BCUT2D eigenvalue weighted by Crippen LogP contribution is -2.16. The highest BCUT2D eigenvalue weighted by Crippen LogP contribution is 2.23. The number of hydrogen-bond acceptors (Lipinski definition) is 3. The van der Waals surface area contributed by atoms with Gasteiger partial charge in [0.15, 0.2) is 11.6 Å². The molecular formula is C10H12F3NO3S. The van der Waals surface area contributed by atoms with Crippen LogP contribution in [0.25, 0.3) is 0 Å². The van der Waals surface area contributed by atoms with Crippen molar-refractivity contribution in [3.8, 4) is 5.75 Å². The van der Waals surface area contributed by atoms with E-state index in [2.05, 4.69) is 9.46 Å². The lowest BCUT2D eigenvalue weighted by Gasteiger charge is -2.09. The first-order valence-corrected chi connectivity index (χ1v) is 6.74. The molecule has 1 aromatic carbocycles. The molecule has 0 heterocycles. The molecule has 0 aromatic heterocycles. The van der Waals surface area contributed by atoms with E-state index >= 15 is 0 Å². The summed E-state index contributed by atoms with van der Waals surface area (Å²) in [5, 5.41) is 0. The Morgan fingerprint density at radius 1 is 1.39 bits per heavy atom. The largest absolute Gasteiger partial charge is 0.432 e. The molecule has 0 aliphatic carbocycles. The minimum Gasteiger partial charge on any atom is -0.432 e. The van der Waals surface area contributed by atoms with E-state index in [4.69, 9.17) is 0 Å². The van der Waals surface area contributed by atoms with Crippen molar-refractivity contribution in [3.63, 3.8) is 0 Å². The summed E-state index contributed by atoms with van der Waals surface area (Å²) in [5.41, 5.74) is -0.0393. The number of hydrogen-bond donors (Lipinski definition) is 1. The number of alkyl halides is 2. The van der Waals surface area contributed by atoms with E-state index in [9.17, 15) is 21.6 Å². The highest BCUT2D eigenvalue weighted by atomic mass is 32.2. The van der Waals surface area contributed by atoms with Gasteiger partial charge in [0, 0.05) is 6.07 Å². The minimum absolute atomic E-state index is 0.0393. The van der Waals surface area contributed by atoms with E-state index in [0.717, 1.165) is 18.2 Å². The van der Waals surface area contributed by atoms with Crippen LogP contribution in [-0.2, 0) is 10.0 Å². The van der Waals surface area contributed by atoms with E-state index in [1.807, 2.05) is 0 Å². The van der Waals surface area contributed by atoms with Crippen LogP contribution >= 0.6 is 0 Å². The average Bonchev–Trinajstić information content (AvgIpc) is 2.20. The normalized spacial score (nSPS) is 11.6. The monoisotopic (exact) mass is 283 g/mol. The second kappa shape index (κ2) is 5.94. The fourth-order valence-corrected chi connectivity index (χ4v) is 2.38. The van der Waals surface area contributed by atoms with Crippen LogP contribution in [0, 0.1) is 5.82 Å². The zero-order valence-electron chi connectivity index (χ0n) is 9.49. The molecule has 0 saturated carbocycles. The summed E-state index contributed by atoms with van der Waals surface area (Å²) >= 11 is 0. The van der Waals surface area contributed by atoms with Crippen molar-refractivity contribution < 1.29 is 26.3 Å². The van der Waals surface area contributed by atoms with Crippen molar-refractivity contribution in [1.82, 2.24) is 0 Å². The van der Waals surface area contributed by atoms with Crippen LogP contribution in [0.3, 0.4) is 0 Å². The fraction of sp³-hybridized carbons (Fsp3) is 0.400. The molecule has 1 rings (SSSR count). The fourth-order valence-electron chi connectivity index (χ4n) is 1.26. The number of anilines is 1. The van der Waals surface area contributed by atoms with Gasteiger partial charge in [-0.1, -0.05) is 6.92 Å². The first-order chi connectivity index (χ1) is 8.34. The summed E-state index contributed by atoms with van der Waals surface area (Å²) in [6.45, 7) is -1.46. The van der Waals surface area contributed by atoms with Crippen LogP contribution in [0.5, 0.6) is 5.75 Å². The zero-order valence-corrected chi connectivity index (χ0v) is 10.3. The molecule has 0 radical (unpaired) electrons. The van der Waals surface area contributed by atoms with E-state index in [1.165, 1.54) is 0 Å². The lowest BCUT2D eigenvalue weighted by molar-refractivity contribution is -0.0521. The lowest BCUT2D eigenvalue weighted by atomic mass is 10.3. The Bertz CT molecular complexity index is 505. The van der Waals surface area contributed by atoms with Crippen molar-refractivity contribution in [1.29, 1.82) is 0 Å². The maximum absolute atomic E-state index is 13.3. The Labute approximate surface area is 103 Å². The molecule has 0 fully saturated rings. The maximum atomic E-state index is 13.3. The van der Waals surface area contributed by atoms with E-state index in [0.29, 0.717) is 6.42 Å². The highest BCUT2D eigenvalue weighted by molar-refractivity contribution is 7.92. The topological polar surface area (TPSA) is 55.4 Å². The third-order valence-electron chi connectivity index (χ3n) is 1.89. The Balaban J connectivity index is 2.85. The zero-order chi connectivity index (χ0) is 13.8. The Hall–Kier alpha value is -1.44. The van der Waals surface area contributed by atoms with Crippen molar-refractivity contribution in [2.45, 2.75) is 20.0 Å². The summed E-state index contributed by atoms with van der Waals surface area (Å²) < 4.78 is 65.8. The summed E-state index contributed by atoms with van der Waals surface area (Å²) in [5.74, 6) is -1.81. The number of benzene rings is 1. The van der Waals surface area contributed by atoms with Crippen LogP contribution in [-0.4, -0.2) is 20.8 Å². The predicted octanol–water partition coefficient (Wildman–Crippen LogP) is 2.58. The van der Waals surface area contributed by atoms with Gasteiger partial charge >= 0.3 is 6.61 Å². The van der Waals surface area contributed by atoms with Gasteiger partial charge in [-0.2, -0.15) is 8.78 Å².